The predicted molar refractivity (Wildman–Crippen MR) is 91.4 cm³/mol. The monoisotopic (exact) mass is 327 g/mol. The second kappa shape index (κ2) is 9.11. The van der Waals surface area contributed by atoms with Crippen LogP contribution < -0.4 is 5.32 Å². The van der Waals surface area contributed by atoms with Crippen molar-refractivity contribution in [3.63, 3.8) is 0 Å². The highest BCUT2D eigenvalue weighted by molar-refractivity contribution is 5.86. The van der Waals surface area contributed by atoms with Crippen molar-refractivity contribution >= 4 is 12.0 Å². The van der Waals surface area contributed by atoms with Crippen molar-refractivity contribution in [1.82, 2.24) is 15.1 Å². The number of nitrogens with one attached hydrogen (secondary N) is 1. The fourth-order valence-electron chi connectivity index (χ4n) is 2.75. The van der Waals surface area contributed by atoms with E-state index in [1.54, 1.807) is 4.90 Å². The van der Waals surface area contributed by atoms with Crippen molar-refractivity contribution in [2.24, 2.45) is 0 Å². The SMILES string of the molecule is CCN(CC)CCCNC(=O)[C@H]1CCCN1C(=O)OC(C)(C)C. The molecular weight excluding hydrogens is 294 g/mol. The number of likely N-dealkylation sites (tertiary alicyclic amines) is 1. The molecule has 1 atom stereocenters. The van der Waals surface area contributed by atoms with Gasteiger partial charge >= 0.3 is 6.09 Å². The van der Waals surface area contributed by atoms with Crippen LogP contribution in [0.4, 0.5) is 4.79 Å². The molecule has 1 aliphatic rings. The quantitative estimate of drug-likeness (QED) is 0.729. The number of hydrogen-bond acceptors (Lipinski definition) is 4. The van der Waals surface area contributed by atoms with E-state index in [1.165, 1.54) is 0 Å². The molecule has 6 nitrogen and oxygen atoms in total. The highest BCUT2D eigenvalue weighted by atomic mass is 16.6. The molecule has 1 N–H and O–H groups in total. The summed E-state index contributed by atoms with van der Waals surface area (Å²) in [6, 6.07) is -0.390. The molecule has 1 saturated heterocycles. The largest absolute Gasteiger partial charge is 0.444 e. The fraction of sp³-hybridized carbons (Fsp3) is 0.882. The van der Waals surface area contributed by atoms with Crippen LogP contribution in [-0.4, -0.2) is 66.2 Å². The van der Waals surface area contributed by atoms with Crippen molar-refractivity contribution in [2.45, 2.75) is 65.5 Å². The molecule has 0 aromatic heterocycles. The van der Waals surface area contributed by atoms with Crippen LogP contribution in [0.1, 0.15) is 53.9 Å². The molecule has 134 valence electrons. The molecule has 0 unspecified atom stereocenters. The first-order chi connectivity index (χ1) is 10.8. The molecular formula is C17H33N3O3. The van der Waals surface area contributed by atoms with Crippen LogP contribution in [-0.2, 0) is 9.53 Å². The van der Waals surface area contributed by atoms with Gasteiger partial charge in [-0.1, -0.05) is 13.8 Å². The minimum Gasteiger partial charge on any atom is -0.444 e. The lowest BCUT2D eigenvalue weighted by Crippen LogP contribution is -2.47. The van der Waals surface area contributed by atoms with Gasteiger partial charge in [0, 0.05) is 13.1 Å². The Bertz CT molecular complexity index is 389. The van der Waals surface area contributed by atoms with Gasteiger partial charge in [0.25, 0.3) is 0 Å². The Morgan fingerprint density at radius 2 is 1.91 bits per heavy atom. The van der Waals surface area contributed by atoms with E-state index < -0.39 is 17.7 Å². The first kappa shape index (κ1) is 19.7. The minimum absolute atomic E-state index is 0.0621. The summed E-state index contributed by atoms with van der Waals surface area (Å²) in [5.41, 5.74) is -0.537. The summed E-state index contributed by atoms with van der Waals surface area (Å²) in [7, 11) is 0. The van der Waals surface area contributed by atoms with Gasteiger partial charge in [-0.05, 0) is 59.7 Å². The number of carbonyl (C=O) groups excluding carboxylic acids is 2. The average Bonchev–Trinajstić information content (AvgIpc) is 2.95. The molecule has 1 fully saturated rings. The zero-order valence-corrected chi connectivity index (χ0v) is 15.4. The highest BCUT2D eigenvalue weighted by Gasteiger charge is 2.36. The van der Waals surface area contributed by atoms with Crippen LogP contribution >= 0.6 is 0 Å². The Hall–Kier alpha value is -1.30. The van der Waals surface area contributed by atoms with Gasteiger partial charge in [0.05, 0.1) is 0 Å². The van der Waals surface area contributed by atoms with Gasteiger partial charge in [-0.3, -0.25) is 9.69 Å². The van der Waals surface area contributed by atoms with E-state index in [2.05, 4.69) is 24.1 Å². The molecule has 0 bridgehead atoms. The van der Waals surface area contributed by atoms with Crippen molar-refractivity contribution in [3.8, 4) is 0 Å². The van der Waals surface area contributed by atoms with Crippen LogP contribution in [0, 0.1) is 0 Å². The summed E-state index contributed by atoms with van der Waals surface area (Å²) in [6.07, 6.45) is 2.09. The van der Waals surface area contributed by atoms with E-state index in [-0.39, 0.29) is 5.91 Å². The van der Waals surface area contributed by atoms with E-state index in [4.69, 9.17) is 4.74 Å². The summed E-state index contributed by atoms with van der Waals surface area (Å²) in [4.78, 5) is 28.4. The Morgan fingerprint density at radius 1 is 1.26 bits per heavy atom. The second-order valence-electron chi connectivity index (χ2n) is 7.00. The smallest absolute Gasteiger partial charge is 0.410 e. The van der Waals surface area contributed by atoms with Crippen molar-refractivity contribution in [2.75, 3.05) is 32.7 Å². The molecule has 0 aliphatic carbocycles. The van der Waals surface area contributed by atoms with Crippen LogP contribution in [0.5, 0.6) is 0 Å². The molecule has 0 radical (unpaired) electrons. The van der Waals surface area contributed by atoms with E-state index in [0.717, 1.165) is 32.5 Å². The van der Waals surface area contributed by atoms with E-state index >= 15 is 0 Å². The van der Waals surface area contributed by atoms with Crippen LogP contribution in [0.25, 0.3) is 0 Å². The number of carbonyl (C=O) groups is 2. The van der Waals surface area contributed by atoms with Gasteiger partial charge in [-0.15, -0.1) is 0 Å². The maximum absolute atomic E-state index is 12.3. The lowest BCUT2D eigenvalue weighted by molar-refractivity contribution is -0.125. The third-order valence-corrected chi connectivity index (χ3v) is 4.03. The van der Waals surface area contributed by atoms with Crippen molar-refractivity contribution < 1.29 is 14.3 Å². The Morgan fingerprint density at radius 3 is 2.48 bits per heavy atom. The maximum Gasteiger partial charge on any atom is 0.410 e. The van der Waals surface area contributed by atoms with E-state index in [9.17, 15) is 9.59 Å². The molecule has 0 spiro atoms. The normalized spacial score (nSPS) is 18.3. The van der Waals surface area contributed by atoms with E-state index in [1.807, 2.05) is 20.8 Å². The summed E-state index contributed by atoms with van der Waals surface area (Å²) >= 11 is 0. The number of rotatable bonds is 7. The zero-order valence-electron chi connectivity index (χ0n) is 15.4. The molecule has 1 heterocycles. The molecule has 6 heteroatoms. The molecule has 0 aromatic carbocycles. The first-order valence-corrected chi connectivity index (χ1v) is 8.78. The molecule has 2 amide bonds. The maximum atomic E-state index is 12.3. The molecule has 1 rings (SSSR count). The van der Waals surface area contributed by atoms with Crippen molar-refractivity contribution in [3.05, 3.63) is 0 Å². The number of hydrogen-bond donors (Lipinski definition) is 1. The summed E-state index contributed by atoms with van der Waals surface area (Å²) < 4.78 is 5.39. The zero-order chi connectivity index (χ0) is 17.5. The third-order valence-electron chi connectivity index (χ3n) is 4.03. The topological polar surface area (TPSA) is 61.9 Å². The molecule has 23 heavy (non-hydrogen) atoms. The van der Waals surface area contributed by atoms with Crippen LogP contribution in [0.15, 0.2) is 0 Å². The predicted octanol–water partition coefficient (Wildman–Crippen LogP) is 2.23. The minimum atomic E-state index is -0.537. The lowest BCUT2D eigenvalue weighted by atomic mass is 10.2. The Labute approximate surface area is 140 Å². The van der Waals surface area contributed by atoms with Gasteiger partial charge in [-0.2, -0.15) is 0 Å². The van der Waals surface area contributed by atoms with E-state index in [0.29, 0.717) is 19.5 Å². The summed E-state index contributed by atoms with van der Waals surface area (Å²) in [6.45, 7) is 14.1. The average molecular weight is 327 g/mol. The molecule has 0 saturated carbocycles. The molecule has 0 aromatic rings. The number of nitrogens with zero attached hydrogens (tertiary/aromatic N) is 2. The lowest BCUT2D eigenvalue weighted by Gasteiger charge is -2.28. The van der Waals surface area contributed by atoms with Crippen LogP contribution in [0.3, 0.4) is 0 Å². The van der Waals surface area contributed by atoms with Gasteiger partial charge in [0.2, 0.25) is 5.91 Å². The number of ether oxygens (including phenoxy) is 1. The van der Waals surface area contributed by atoms with Gasteiger partial charge < -0.3 is 15.0 Å². The second-order valence-corrected chi connectivity index (χ2v) is 7.00. The standard InChI is InChI=1S/C17H33N3O3/c1-6-19(7-2)12-9-11-18-15(21)14-10-8-13-20(14)16(22)23-17(3,4)5/h14H,6-13H2,1-5H3,(H,18,21)/t14-/m1/s1. The number of amides is 2. The Kier molecular flexibility index (Phi) is 7.82. The third kappa shape index (κ3) is 6.77. The highest BCUT2D eigenvalue weighted by Crippen LogP contribution is 2.20. The van der Waals surface area contributed by atoms with Crippen molar-refractivity contribution in [1.29, 1.82) is 0 Å². The van der Waals surface area contributed by atoms with Gasteiger partial charge in [0.15, 0.2) is 0 Å². The molecule has 1 aliphatic heterocycles. The van der Waals surface area contributed by atoms with Gasteiger partial charge in [-0.25, -0.2) is 4.79 Å². The fourth-order valence-corrected chi connectivity index (χ4v) is 2.75. The van der Waals surface area contributed by atoms with Gasteiger partial charge in [0.1, 0.15) is 11.6 Å². The summed E-state index contributed by atoms with van der Waals surface area (Å²) in [5.74, 6) is -0.0621. The summed E-state index contributed by atoms with van der Waals surface area (Å²) in [5, 5.41) is 2.96. The van der Waals surface area contributed by atoms with Crippen LogP contribution in [0.2, 0.25) is 0 Å². The first-order valence-electron chi connectivity index (χ1n) is 8.78. The Balaban J connectivity index is 2.41.